The molecule has 3 N–H and O–H groups in total. The van der Waals surface area contributed by atoms with Crippen LogP contribution in [0.15, 0.2) is 30.6 Å². The molecule has 76 valence electrons. The second-order valence-corrected chi connectivity index (χ2v) is 3.89. The molecule has 1 aliphatic rings. The van der Waals surface area contributed by atoms with Crippen LogP contribution in [0.2, 0.25) is 0 Å². The summed E-state index contributed by atoms with van der Waals surface area (Å²) >= 11 is 0. The van der Waals surface area contributed by atoms with Crippen molar-refractivity contribution < 1.29 is 0 Å². The van der Waals surface area contributed by atoms with Crippen LogP contribution < -0.4 is 11.1 Å². The van der Waals surface area contributed by atoms with Gasteiger partial charge < -0.3 is 11.1 Å². The monoisotopic (exact) mass is 200 g/mol. The van der Waals surface area contributed by atoms with Crippen LogP contribution in [0.5, 0.6) is 0 Å². The first-order valence-corrected chi connectivity index (χ1v) is 5.06. The van der Waals surface area contributed by atoms with Crippen LogP contribution in [0, 0.1) is 0 Å². The third kappa shape index (κ3) is 1.53. The van der Waals surface area contributed by atoms with Gasteiger partial charge in [0.25, 0.3) is 0 Å². The molecule has 0 aliphatic heterocycles. The Morgan fingerprint density at radius 2 is 2.07 bits per heavy atom. The number of hydrogen-bond acceptors (Lipinski definition) is 4. The Labute approximate surface area is 87.5 Å². The molecule has 15 heavy (non-hydrogen) atoms. The Kier molecular flexibility index (Phi) is 1.82. The molecule has 2 unspecified atom stereocenters. The molecule has 4 nitrogen and oxygen atoms in total. The van der Waals surface area contributed by atoms with Gasteiger partial charge in [0.05, 0.1) is 5.52 Å². The van der Waals surface area contributed by atoms with Gasteiger partial charge in [-0.1, -0.05) is 12.1 Å². The van der Waals surface area contributed by atoms with Crippen LogP contribution in [0.25, 0.3) is 10.9 Å². The average molecular weight is 200 g/mol. The van der Waals surface area contributed by atoms with Gasteiger partial charge in [0, 0.05) is 17.5 Å². The maximum atomic E-state index is 5.75. The lowest BCUT2D eigenvalue weighted by Gasteiger charge is -2.06. The minimum atomic E-state index is 0.277. The summed E-state index contributed by atoms with van der Waals surface area (Å²) in [6.07, 6.45) is 2.61. The highest BCUT2D eigenvalue weighted by Gasteiger charge is 2.33. The van der Waals surface area contributed by atoms with E-state index in [0.29, 0.717) is 6.04 Å². The molecule has 0 saturated heterocycles. The molecule has 1 heterocycles. The quantitative estimate of drug-likeness (QED) is 0.763. The second kappa shape index (κ2) is 3.17. The number of nitrogens with two attached hydrogens (primary N) is 1. The molecule has 0 amide bonds. The van der Waals surface area contributed by atoms with E-state index in [0.717, 1.165) is 23.1 Å². The van der Waals surface area contributed by atoms with Gasteiger partial charge in [-0.15, -0.1) is 0 Å². The van der Waals surface area contributed by atoms with Crippen molar-refractivity contribution in [3.63, 3.8) is 0 Å². The molecule has 1 fully saturated rings. The van der Waals surface area contributed by atoms with Crippen molar-refractivity contribution in [2.24, 2.45) is 5.73 Å². The van der Waals surface area contributed by atoms with Crippen LogP contribution >= 0.6 is 0 Å². The molecule has 3 rings (SSSR count). The molecular formula is C11H12N4. The van der Waals surface area contributed by atoms with Crippen molar-refractivity contribution in [1.29, 1.82) is 0 Å². The zero-order valence-electron chi connectivity index (χ0n) is 8.22. The summed E-state index contributed by atoms with van der Waals surface area (Å²) in [5.41, 5.74) is 6.71. The van der Waals surface area contributed by atoms with Crippen LogP contribution in [0.3, 0.4) is 0 Å². The molecule has 2 atom stereocenters. The predicted octanol–water partition coefficient (Wildman–Crippen LogP) is 1.14. The van der Waals surface area contributed by atoms with Crippen molar-refractivity contribution in [3.8, 4) is 0 Å². The highest BCUT2D eigenvalue weighted by atomic mass is 15.1. The van der Waals surface area contributed by atoms with Crippen LogP contribution in [0.1, 0.15) is 6.42 Å². The van der Waals surface area contributed by atoms with Gasteiger partial charge >= 0.3 is 0 Å². The van der Waals surface area contributed by atoms with Crippen LogP contribution in [-0.2, 0) is 0 Å². The SMILES string of the molecule is NC1CC1Nc1ncnc2ccccc12. The number of hydrogen-bond donors (Lipinski definition) is 2. The number of aromatic nitrogens is 2. The number of benzene rings is 1. The maximum absolute atomic E-state index is 5.75. The number of nitrogens with zero attached hydrogens (tertiary/aromatic N) is 2. The van der Waals surface area contributed by atoms with E-state index < -0.39 is 0 Å². The normalized spacial score (nSPS) is 24.1. The van der Waals surface area contributed by atoms with E-state index in [9.17, 15) is 0 Å². The van der Waals surface area contributed by atoms with Crippen molar-refractivity contribution >= 4 is 16.7 Å². The van der Waals surface area contributed by atoms with E-state index in [4.69, 9.17) is 5.73 Å². The highest BCUT2D eigenvalue weighted by molar-refractivity contribution is 5.88. The molecule has 0 radical (unpaired) electrons. The largest absolute Gasteiger partial charge is 0.365 e. The average Bonchev–Trinajstić information content (AvgIpc) is 2.95. The number of rotatable bonds is 2. The van der Waals surface area contributed by atoms with E-state index >= 15 is 0 Å². The summed E-state index contributed by atoms with van der Waals surface area (Å²) < 4.78 is 0. The number of nitrogens with one attached hydrogen (secondary N) is 1. The first-order chi connectivity index (χ1) is 7.34. The van der Waals surface area contributed by atoms with Gasteiger partial charge in [0.2, 0.25) is 0 Å². The fourth-order valence-electron chi connectivity index (χ4n) is 1.68. The van der Waals surface area contributed by atoms with E-state index in [1.807, 2.05) is 24.3 Å². The van der Waals surface area contributed by atoms with Gasteiger partial charge in [-0.05, 0) is 18.6 Å². The van der Waals surface area contributed by atoms with Gasteiger partial charge in [0.1, 0.15) is 12.1 Å². The van der Waals surface area contributed by atoms with Gasteiger partial charge in [-0.3, -0.25) is 0 Å². The summed E-state index contributed by atoms with van der Waals surface area (Å²) in [7, 11) is 0. The molecule has 1 aromatic heterocycles. The zero-order chi connectivity index (χ0) is 10.3. The maximum Gasteiger partial charge on any atom is 0.137 e. The van der Waals surface area contributed by atoms with E-state index in [2.05, 4.69) is 15.3 Å². The topological polar surface area (TPSA) is 63.8 Å². The minimum Gasteiger partial charge on any atom is -0.365 e. The van der Waals surface area contributed by atoms with Crippen molar-refractivity contribution in [2.45, 2.75) is 18.5 Å². The van der Waals surface area contributed by atoms with Crippen molar-refractivity contribution in [1.82, 2.24) is 9.97 Å². The molecule has 1 aliphatic carbocycles. The Morgan fingerprint density at radius 3 is 2.87 bits per heavy atom. The van der Waals surface area contributed by atoms with E-state index in [1.54, 1.807) is 6.33 Å². The Morgan fingerprint density at radius 1 is 1.27 bits per heavy atom. The summed E-state index contributed by atoms with van der Waals surface area (Å²) in [5.74, 6) is 0.888. The summed E-state index contributed by atoms with van der Waals surface area (Å²) in [4.78, 5) is 8.45. The van der Waals surface area contributed by atoms with Crippen molar-refractivity contribution in [3.05, 3.63) is 30.6 Å². The second-order valence-electron chi connectivity index (χ2n) is 3.89. The molecular weight excluding hydrogens is 188 g/mol. The number of anilines is 1. The van der Waals surface area contributed by atoms with Gasteiger partial charge in [-0.25, -0.2) is 9.97 Å². The summed E-state index contributed by atoms with van der Waals surface area (Å²) in [5, 5.41) is 4.39. The third-order valence-corrected chi connectivity index (χ3v) is 2.70. The lowest BCUT2D eigenvalue weighted by Crippen LogP contribution is -2.14. The number of para-hydroxylation sites is 1. The lowest BCUT2D eigenvalue weighted by molar-refractivity contribution is 0.996. The standard InChI is InChI=1S/C11H12N4/c12-8-5-10(8)15-11-7-3-1-2-4-9(7)13-6-14-11/h1-4,6,8,10H,5,12H2,(H,13,14,15). The molecule has 2 aromatic rings. The first-order valence-electron chi connectivity index (χ1n) is 5.06. The third-order valence-electron chi connectivity index (χ3n) is 2.70. The van der Waals surface area contributed by atoms with Crippen LogP contribution in [-0.4, -0.2) is 22.1 Å². The fourth-order valence-corrected chi connectivity index (χ4v) is 1.68. The molecule has 0 spiro atoms. The van der Waals surface area contributed by atoms with E-state index in [-0.39, 0.29) is 6.04 Å². The summed E-state index contributed by atoms with van der Waals surface area (Å²) in [6, 6.07) is 8.62. The predicted molar refractivity (Wildman–Crippen MR) is 59.5 cm³/mol. The smallest absolute Gasteiger partial charge is 0.137 e. The highest BCUT2D eigenvalue weighted by Crippen LogP contribution is 2.26. The lowest BCUT2D eigenvalue weighted by atomic mass is 10.2. The van der Waals surface area contributed by atoms with Gasteiger partial charge in [0.15, 0.2) is 0 Å². The van der Waals surface area contributed by atoms with Crippen LogP contribution in [0.4, 0.5) is 5.82 Å². The Balaban J connectivity index is 2.02. The molecule has 4 heteroatoms. The summed E-state index contributed by atoms with van der Waals surface area (Å²) in [6.45, 7) is 0. The fraction of sp³-hybridized carbons (Fsp3) is 0.273. The van der Waals surface area contributed by atoms with Gasteiger partial charge in [-0.2, -0.15) is 0 Å². The molecule has 1 aromatic carbocycles. The number of fused-ring (bicyclic) bond motifs is 1. The minimum absolute atomic E-state index is 0.277. The van der Waals surface area contributed by atoms with E-state index in [1.165, 1.54) is 0 Å². The Bertz CT molecular complexity index is 491. The Hall–Kier alpha value is -1.68. The molecule has 0 bridgehead atoms. The molecule has 1 saturated carbocycles. The first kappa shape index (κ1) is 8.61. The van der Waals surface area contributed by atoms with Crippen molar-refractivity contribution in [2.75, 3.05) is 5.32 Å². The zero-order valence-corrected chi connectivity index (χ0v) is 8.22.